The highest BCUT2D eigenvalue weighted by molar-refractivity contribution is 8.00. The van der Waals surface area contributed by atoms with Crippen LogP contribution in [0.2, 0.25) is 0 Å². The number of nitrogens with zero attached hydrogens (tertiary/aromatic N) is 3. The molecular weight excluding hydrogens is 598 g/mol. The van der Waals surface area contributed by atoms with E-state index in [4.69, 9.17) is 24.8 Å². The fourth-order valence-corrected chi connectivity index (χ4v) is 5.58. The number of thiazole rings is 1. The zero-order chi connectivity index (χ0) is 31.1. The number of hydrogen-bond donors (Lipinski definition) is 2. The molecule has 226 valence electrons. The molecule has 4 atom stereocenters. The second-order valence-corrected chi connectivity index (χ2v) is 10.5. The predicted molar refractivity (Wildman–Crippen MR) is 146 cm³/mol. The summed E-state index contributed by atoms with van der Waals surface area (Å²) >= 11 is 2.27. The van der Waals surface area contributed by atoms with Gasteiger partial charge in [0.25, 0.3) is 11.8 Å². The molecule has 1 aromatic heterocycles. The van der Waals surface area contributed by atoms with Crippen LogP contribution in [0.5, 0.6) is 0 Å². The van der Waals surface area contributed by atoms with Crippen molar-refractivity contribution in [1.82, 2.24) is 15.2 Å². The molecule has 2 amide bonds. The number of anilines is 1. The van der Waals surface area contributed by atoms with Gasteiger partial charge < -0.3 is 34.8 Å². The number of allylic oxidation sites excluding steroid dienone is 1. The van der Waals surface area contributed by atoms with Gasteiger partial charge in [0, 0.05) is 38.8 Å². The first-order chi connectivity index (χ1) is 19.8. The van der Waals surface area contributed by atoms with Crippen LogP contribution < -0.4 is 11.1 Å². The second kappa shape index (κ2) is 13.9. The summed E-state index contributed by atoms with van der Waals surface area (Å²) in [6.45, 7) is 7.88. The van der Waals surface area contributed by atoms with E-state index >= 15 is 0 Å². The predicted octanol–water partition coefficient (Wildman–Crippen LogP) is 0.191. The molecule has 0 aliphatic carbocycles. The number of oxime groups is 1. The first-order valence-electron chi connectivity index (χ1n) is 12.1. The van der Waals surface area contributed by atoms with Gasteiger partial charge >= 0.3 is 23.9 Å². The molecule has 18 heteroatoms. The Bertz CT molecular complexity index is 1360. The number of nitrogen functional groups attached to an aromatic ring is 1. The number of nitrogens with one attached hydrogen (secondary N) is 1. The van der Waals surface area contributed by atoms with Crippen molar-refractivity contribution in [3.63, 3.8) is 0 Å². The molecule has 1 aromatic rings. The molecule has 42 heavy (non-hydrogen) atoms. The third-order valence-corrected chi connectivity index (χ3v) is 7.25. The lowest BCUT2D eigenvalue weighted by Gasteiger charge is -2.49. The minimum atomic E-state index is -1.21. The van der Waals surface area contributed by atoms with Gasteiger partial charge in [-0.15, -0.1) is 23.1 Å². The van der Waals surface area contributed by atoms with Gasteiger partial charge in [0.2, 0.25) is 19.2 Å². The van der Waals surface area contributed by atoms with Gasteiger partial charge in [0.1, 0.15) is 22.8 Å². The van der Waals surface area contributed by atoms with Gasteiger partial charge in [-0.1, -0.05) is 17.8 Å². The fraction of sp³-hybridized carbons (Fsp3) is 0.417. The van der Waals surface area contributed by atoms with Crippen LogP contribution in [0.25, 0.3) is 0 Å². The van der Waals surface area contributed by atoms with Crippen molar-refractivity contribution in [2.45, 2.75) is 51.7 Å². The summed E-state index contributed by atoms with van der Waals surface area (Å²) in [5, 5.41) is 7.07. The van der Waals surface area contributed by atoms with Crippen LogP contribution in [-0.2, 0) is 52.6 Å². The van der Waals surface area contributed by atoms with E-state index in [2.05, 4.69) is 26.8 Å². The van der Waals surface area contributed by atoms with Gasteiger partial charge in [-0.25, -0.2) is 14.6 Å². The van der Waals surface area contributed by atoms with Gasteiger partial charge in [0.15, 0.2) is 10.8 Å². The molecule has 2 aliphatic heterocycles. The number of thioether (sulfide) groups is 1. The number of ether oxygens (including phenoxy) is 4. The summed E-state index contributed by atoms with van der Waals surface area (Å²) in [5.41, 5.74) is 5.62. The zero-order valence-electron chi connectivity index (χ0n) is 22.8. The number of fused-ring (bicyclic) bond motifs is 1. The van der Waals surface area contributed by atoms with Crippen LogP contribution in [0.4, 0.5) is 5.13 Å². The molecule has 0 radical (unpaired) electrons. The van der Waals surface area contributed by atoms with Crippen LogP contribution in [0.3, 0.4) is 0 Å². The largest absolute Gasteiger partial charge is 0.426 e. The molecule has 16 nitrogen and oxygen atoms in total. The summed E-state index contributed by atoms with van der Waals surface area (Å²) < 4.78 is 19.5. The highest BCUT2D eigenvalue weighted by Gasteiger charge is 2.54. The standard InChI is InChI=1S/C24H27N5O11S2/c1-6-14-8-41-22-18(21(34)29(22)19(14)23(35)40-13(5)38-11(3)31)27-20(33)17(15-9-42-24(25)26-15)28-36-7-16(32)39-12(4)37-10(2)30/h6,9,12-13,18,22H,1,7-8H2,2-5H3,(H2,25,26)(H,27,33)/b28-17-/t12?,13?,18-,22-/m1/s1. The third-order valence-electron chi connectivity index (χ3n) is 5.28. The van der Waals surface area contributed by atoms with Gasteiger partial charge in [-0.05, 0) is 5.57 Å². The lowest BCUT2D eigenvalue weighted by molar-refractivity contribution is -0.186. The van der Waals surface area contributed by atoms with E-state index in [9.17, 15) is 28.8 Å². The minimum Gasteiger partial charge on any atom is -0.426 e. The van der Waals surface area contributed by atoms with Crippen molar-refractivity contribution in [2.75, 3.05) is 18.1 Å². The zero-order valence-corrected chi connectivity index (χ0v) is 24.4. The van der Waals surface area contributed by atoms with Crippen LogP contribution in [0, 0.1) is 0 Å². The lowest BCUT2D eigenvalue weighted by atomic mass is 10.0. The SMILES string of the molecule is C=CC1=C(C(=O)OC(C)OC(C)=O)N2C(=O)[C@@H](NC(=O)/C(=N\OCC(=O)OC(C)OC(C)=O)c3csc(N)n3)[C@H]2SC1. The number of nitrogens with two attached hydrogens (primary N) is 1. The molecule has 3 rings (SSSR count). The molecule has 1 saturated heterocycles. The molecule has 2 unspecified atom stereocenters. The highest BCUT2D eigenvalue weighted by atomic mass is 32.2. The van der Waals surface area contributed by atoms with Crippen molar-refractivity contribution in [3.05, 3.63) is 35.0 Å². The quantitative estimate of drug-likeness (QED) is 0.104. The Kier molecular flexibility index (Phi) is 10.6. The first kappa shape index (κ1) is 32.1. The molecule has 0 spiro atoms. The maximum absolute atomic E-state index is 13.2. The maximum atomic E-state index is 13.2. The maximum Gasteiger partial charge on any atom is 0.358 e. The number of β-lactam (4-membered cyclic amide) rings is 1. The molecule has 0 aromatic carbocycles. The van der Waals surface area contributed by atoms with E-state index < -0.39 is 72.0 Å². The van der Waals surface area contributed by atoms with Crippen molar-refractivity contribution >= 4 is 69.6 Å². The molecule has 2 aliphatic rings. The van der Waals surface area contributed by atoms with E-state index in [-0.39, 0.29) is 22.3 Å². The number of carbonyl (C=O) groups excluding carboxylic acids is 6. The Morgan fingerprint density at radius 1 is 1.17 bits per heavy atom. The number of esters is 4. The number of hydrogen-bond acceptors (Lipinski definition) is 16. The number of amides is 2. The number of rotatable bonds is 12. The average molecular weight is 626 g/mol. The molecule has 1 fully saturated rings. The second-order valence-electron chi connectivity index (χ2n) is 8.47. The fourth-order valence-electron chi connectivity index (χ4n) is 3.69. The van der Waals surface area contributed by atoms with Crippen LogP contribution >= 0.6 is 23.1 Å². The lowest BCUT2D eigenvalue weighted by Crippen LogP contribution is -2.71. The van der Waals surface area contributed by atoms with E-state index in [1.54, 1.807) is 0 Å². The van der Waals surface area contributed by atoms with E-state index in [0.29, 0.717) is 5.57 Å². The summed E-state index contributed by atoms with van der Waals surface area (Å²) in [6, 6.07) is -1.08. The smallest absolute Gasteiger partial charge is 0.358 e. The van der Waals surface area contributed by atoms with Crippen LogP contribution in [0.15, 0.2) is 34.5 Å². The van der Waals surface area contributed by atoms with Crippen molar-refractivity contribution < 1.29 is 52.6 Å². The Balaban J connectivity index is 1.72. The summed E-state index contributed by atoms with van der Waals surface area (Å²) in [4.78, 5) is 83.5. The molecular formula is C24H27N5O11S2. The van der Waals surface area contributed by atoms with Crippen molar-refractivity contribution in [2.24, 2.45) is 5.16 Å². The number of carbonyl (C=O) groups is 6. The first-order valence-corrected chi connectivity index (χ1v) is 14.0. The Morgan fingerprint density at radius 3 is 2.38 bits per heavy atom. The van der Waals surface area contributed by atoms with E-state index in [0.717, 1.165) is 30.1 Å². The molecule has 3 N–H and O–H groups in total. The molecule has 3 heterocycles. The molecule has 0 saturated carbocycles. The topological polar surface area (TPSA) is 215 Å². The summed E-state index contributed by atoms with van der Waals surface area (Å²) in [5.74, 6) is -4.43. The third kappa shape index (κ3) is 7.84. The van der Waals surface area contributed by atoms with E-state index in [1.807, 2.05) is 0 Å². The highest BCUT2D eigenvalue weighted by Crippen LogP contribution is 2.41. The van der Waals surface area contributed by atoms with Gasteiger partial charge in [-0.2, -0.15) is 0 Å². The Hall–Kier alpha value is -4.45. The van der Waals surface area contributed by atoms with Crippen molar-refractivity contribution in [3.8, 4) is 0 Å². The van der Waals surface area contributed by atoms with Gasteiger partial charge in [0.05, 0.1) is 0 Å². The van der Waals surface area contributed by atoms with Crippen LogP contribution in [0.1, 0.15) is 33.4 Å². The van der Waals surface area contributed by atoms with Crippen LogP contribution in [-0.4, -0.2) is 87.6 Å². The normalized spacial score (nSPS) is 19.4. The summed E-state index contributed by atoms with van der Waals surface area (Å²) in [6.07, 6.45) is -0.977. The summed E-state index contributed by atoms with van der Waals surface area (Å²) in [7, 11) is 0. The van der Waals surface area contributed by atoms with Crippen molar-refractivity contribution in [1.29, 1.82) is 0 Å². The molecule has 0 bridgehead atoms. The van der Waals surface area contributed by atoms with E-state index in [1.165, 1.54) is 37.1 Å². The Morgan fingerprint density at radius 2 is 1.81 bits per heavy atom. The number of aromatic nitrogens is 1. The Labute approximate surface area is 247 Å². The van der Waals surface area contributed by atoms with Gasteiger partial charge in [-0.3, -0.25) is 24.1 Å². The minimum absolute atomic E-state index is 0.00846. The monoisotopic (exact) mass is 625 g/mol. The average Bonchev–Trinajstić information content (AvgIpc) is 3.32.